The van der Waals surface area contributed by atoms with Gasteiger partial charge in [-0.25, -0.2) is 18.7 Å². The average molecular weight is 443 g/mol. The van der Waals surface area contributed by atoms with Crippen LogP contribution in [0.1, 0.15) is 0 Å². The normalized spacial score (nSPS) is 11.2. The number of fused-ring (bicyclic) bond motifs is 1. The number of benzene rings is 2. The molecule has 4 aromatic rings. The molecule has 0 saturated heterocycles. The molecule has 0 aliphatic rings. The predicted molar refractivity (Wildman–Crippen MR) is 112 cm³/mol. The first-order chi connectivity index (χ1) is 15.4. The fourth-order valence-electron chi connectivity index (χ4n) is 3.39. The molecule has 2 aromatic carbocycles. The van der Waals surface area contributed by atoms with Crippen LogP contribution in [0.15, 0.2) is 54.9 Å². The summed E-state index contributed by atoms with van der Waals surface area (Å²) in [5, 5.41) is 14.6. The molecule has 0 amide bonds. The van der Waals surface area contributed by atoms with Crippen LogP contribution >= 0.6 is 0 Å². The Bertz CT molecular complexity index is 1310. The van der Waals surface area contributed by atoms with Crippen molar-refractivity contribution in [2.45, 2.75) is 13.0 Å². The van der Waals surface area contributed by atoms with Crippen LogP contribution in [0, 0.1) is 15.9 Å². The SMILES string of the molecule is COc1cc(F)c([N+](=O)[O-])cc1Nc1nccc(-c2cn(CC(F)F)c3ccccc23)n1. The molecule has 4 rings (SSSR count). The molecule has 11 heteroatoms. The first-order valence-electron chi connectivity index (χ1n) is 9.35. The van der Waals surface area contributed by atoms with Gasteiger partial charge in [0.1, 0.15) is 5.75 Å². The Kier molecular flexibility index (Phi) is 5.63. The highest BCUT2D eigenvalue weighted by molar-refractivity contribution is 5.95. The minimum atomic E-state index is -2.52. The second kappa shape index (κ2) is 8.53. The number of hydrogen-bond donors (Lipinski definition) is 1. The smallest absolute Gasteiger partial charge is 0.307 e. The first kappa shape index (κ1) is 21.1. The number of nitrogens with zero attached hydrogens (tertiary/aromatic N) is 4. The van der Waals surface area contributed by atoms with Crippen molar-refractivity contribution >= 4 is 28.2 Å². The van der Waals surface area contributed by atoms with E-state index in [9.17, 15) is 23.3 Å². The first-order valence-corrected chi connectivity index (χ1v) is 9.35. The van der Waals surface area contributed by atoms with Gasteiger partial charge < -0.3 is 14.6 Å². The topological polar surface area (TPSA) is 95.1 Å². The van der Waals surface area contributed by atoms with E-state index in [2.05, 4.69) is 15.3 Å². The standard InChI is InChI=1S/C21H16F3N5O3/c1-32-19-8-14(22)18(29(30)31)9-16(19)27-21-25-7-6-15(26-21)13-10-28(11-20(23)24)17-5-3-2-4-12(13)17/h2-10,20H,11H2,1H3,(H,25,26,27). The number of alkyl halides is 2. The molecular weight excluding hydrogens is 427 g/mol. The van der Waals surface area contributed by atoms with Crippen LogP contribution in [0.4, 0.5) is 30.5 Å². The molecule has 0 unspecified atom stereocenters. The van der Waals surface area contributed by atoms with Gasteiger partial charge in [-0.1, -0.05) is 18.2 Å². The molecule has 164 valence electrons. The minimum absolute atomic E-state index is 0.0237. The Morgan fingerprint density at radius 2 is 2.03 bits per heavy atom. The van der Waals surface area contributed by atoms with Gasteiger partial charge in [0.05, 0.1) is 30.0 Å². The molecule has 0 radical (unpaired) electrons. The third kappa shape index (κ3) is 4.04. The summed E-state index contributed by atoms with van der Waals surface area (Å²) in [6.07, 6.45) is 0.517. The number of nitro groups is 1. The number of para-hydroxylation sites is 1. The van der Waals surface area contributed by atoms with Crippen LogP contribution in [0.3, 0.4) is 0 Å². The van der Waals surface area contributed by atoms with Gasteiger partial charge in [-0.05, 0) is 12.1 Å². The van der Waals surface area contributed by atoms with Crippen molar-refractivity contribution in [1.82, 2.24) is 14.5 Å². The molecule has 0 saturated carbocycles. The van der Waals surface area contributed by atoms with Crippen molar-refractivity contribution in [2.75, 3.05) is 12.4 Å². The van der Waals surface area contributed by atoms with Gasteiger partial charge in [0, 0.05) is 41.0 Å². The number of ether oxygens (including phenoxy) is 1. The Morgan fingerprint density at radius 1 is 1.25 bits per heavy atom. The third-order valence-corrected chi connectivity index (χ3v) is 4.77. The van der Waals surface area contributed by atoms with E-state index in [1.54, 1.807) is 36.5 Å². The van der Waals surface area contributed by atoms with E-state index < -0.39 is 29.4 Å². The van der Waals surface area contributed by atoms with E-state index in [1.165, 1.54) is 17.9 Å². The Labute approximate surface area is 179 Å². The molecule has 1 N–H and O–H groups in total. The van der Waals surface area contributed by atoms with Crippen LogP contribution < -0.4 is 10.1 Å². The Morgan fingerprint density at radius 3 is 2.75 bits per heavy atom. The number of rotatable bonds is 7. The molecule has 0 fully saturated rings. The number of halogens is 3. The highest BCUT2D eigenvalue weighted by Crippen LogP contribution is 2.34. The lowest BCUT2D eigenvalue weighted by Crippen LogP contribution is -2.04. The van der Waals surface area contributed by atoms with Gasteiger partial charge in [-0.15, -0.1) is 0 Å². The molecule has 2 heterocycles. The van der Waals surface area contributed by atoms with E-state index in [-0.39, 0.29) is 17.4 Å². The third-order valence-electron chi connectivity index (χ3n) is 4.77. The van der Waals surface area contributed by atoms with Crippen LogP contribution in [0.2, 0.25) is 0 Å². The minimum Gasteiger partial charge on any atom is -0.494 e. The summed E-state index contributed by atoms with van der Waals surface area (Å²) in [6, 6.07) is 10.6. The maximum atomic E-state index is 13.9. The number of anilines is 2. The average Bonchev–Trinajstić information content (AvgIpc) is 3.12. The van der Waals surface area contributed by atoms with Crippen LogP contribution in [0.5, 0.6) is 5.75 Å². The van der Waals surface area contributed by atoms with Crippen LogP contribution in [-0.4, -0.2) is 33.0 Å². The quantitative estimate of drug-likeness (QED) is 0.313. The zero-order valence-electron chi connectivity index (χ0n) is 16.6. The second-order valence-electron chi connectivity index (χ2n) is 6.75. The summed E-state index contributed by atoms with van der Waals surface area (Å²) in [7, 11) is 1.29. The lowest BCUT2D eigenvalue weighted by molar-refractivity contribution is -0.387. The molecule has 2 aromatic heterocycles. The van der Waals surface area contributed by atoms with Gasteiger partial charge >= 0.3 is 5.69 Å². The van der Waals surface area contributed by atoms with E-state index in [1.807, 2.05) is 0 Å². The summed E-state index contributed by atoms with van der Waals surface area (Å²) in [5.41, 5.74) is 1.05. The van der Waals surface area contributed by atoms with Gasteiger partial charge in [0.25, 0.3) is 6.43 Å². The van der Waals surface area contributed by atoms with Crippen molar-refractivity contribution < 1.29 is 22.8 Å². The number of nitro benzene ring substituents is 1. The Balaban J connectivity index is 1.75. The lowest BCUT2D eigenvalue weighted by atomic mass is 10.1. The predicted octanol–water partition coefficient (Wildman–Crippen LogP) is 5.16. The second-order valence-corrected chi connectivity index (χ2v) is 6.75. The maximum absolute atomic E-state index is 13.9. The summed E-state index contributed by atoms with van der Waals surface area (Å²) in [4.78, 5) is 18.7. The summed E-state index contributed by atoms with van der Waals surface area (Å²) < 4.78 is 46.5. The Hall–Kier alpha value is -4.15. The summed E-state index contributed by atoms with van der Waals surface area (Å²) in [5.74, 6) is -0.957. The fourth-order valence-corrected chi connectivity index (χ4v) is 3.39. The molecule has 32 heavy (non-hydrogen) atoms. The molecule has 0 spiro atoms. The van der Waals surface area contributed by atoms with Gasteiger partial charge in [0.2, 0.25) is 11.8 Å². The fraction of sp³-hybridized carbons (Fsp3) is 0.143. The summed E-state index contributed by atoms with van der Waals surface area (Å²) in [6.45, 7) is -0.465. The van der Waals surface area contributed by atoms with Crippen molar-refractivity contribution in [1.29, 1.82) is 0 Å². The molecule has 0 atom stereocenters. The lowest BCUT2D eigenvalue weighted by Gasteiger charge is -2.11. The molecular formula is C21H16F3N5O3. The largest absolute Gasteiger partial charge is 0.494 e. The molecule has 0 aliphatic carbocycles. The van der Waals surface area contributed by atoms with E-state index in [0.29, 0.717) is 16.8 Å². The number of nitrogens with one attached hydrogen (secondary N) is 1. The molecule has 0 aliphatic heterocycles. The number of aromatic nitrogens is 3. The summed E-state index contributed by atoms with van der Waals surface area (Å²) >= 11 is 0. The number of methoxy groups -OCH3 is 1. The van der Waals surface area contributed by atoms with E-state index in [4.69, 9.17) is 4.74 Å². The van der Waals surface area contributed by atoms with Crippen molar-refractivity contribution in [2.24, 2.45) is 0 Å². The van der Waals surface area contributed by atoms with E-state index >= 15 is 0 Å². The van der Waals surface area contributed by atoms with Gasteiger partial charge in [0.15, 0.2) is 0 Å². The highest BCUT2D eigenvalue weighted by Gasteiger charge is 2.20. The van der Waals surface area contributed by atoms with Crippen LogP contribution in [-0.2, 0) is 6.54 Å². The number of hydrogen-bond acceptors (Lipinski definition) is 6. The van der Waals surface area contributed by atoms with Crippen molar-refractivity contribution in [3.63, 3.8) is 0 Å². The highest BCUT2D eigenvalue weighted by atomic mass is 19.3. The maximum Gasteiger partial charge on any atom is 0.307 e. The molecule has 0 bridgehead atoms. The van der Waals surface area contributed by atoms with Gasteiger partial charge in [-0.2, -0.15) is 4.39 Å². The molecule has 8 nitrogen and oxygen atoms in total. The zero-order chi connectivity index (χ0) is 22.8. The van der Waals surface area contributed by atoms with Crippen LogP contribution in [0.25, 0.3) is 22.2 Å². The van der Waals surface area contributed by atoms with Gasteiger partial charge in [-0.3, -0.25) is 10.1 Å². The monoisotopic (exact) mass is 443 g/mol. The van der Waals surface area contributed by atoms with Crippen molar-refractivity contribution in [3.05, 3.63) is 70.8 Å². The van der Waals surface area contributed by atoms with E-state index in [0.717, 1.165) is 17.5 Å². The van der Waals surface area contributed by atoms with Crippen molar-refractivity contribution in [3.8, 4) is 17.0 Å². The zero-order valence-corrected chi connectivity index (χ0v) is 16.6.